The van der Waals surface area contributed by atoms with E-state index in [-0.39, 0.29) is 17.2 Å². The number of benzene rings is 2. The number of para-hydroxylation sites is 1. The molecular weight excluding hydrogens is 374 g/mol. The molecule has 0 saturated carbocycles. The number of amides is 1. The molecule has 6 nitrogen and oxygen atoms in total. The average Bonchev–Trinajstić information content (AvgIpc) is 2.58. The average molecular weight is 392 g/mol. The maximum absolute atomic E-state index is 12.2. The molecule has 1 amide bonds. The summed E-state index contributed by atoms with van der Waals surface area (Å²) in [5.74, 6) is 0.186. The van der Waals surface area contributed by atoms with Crippen LogP contribution >= 0.6 is 11.6 Å². The van der Waals surface area contributed by atoms with E-state index in [9.17, 15) is 13.2 Å². The SMILES string of the molecule is Cc1ccc(Cl)cc1NC(=O)CCCC1=NS(=O)(=O)c2ccccc2N1. The lowest BCUT2D eigenvalue weighted by Crippen LogP contribution is -2.22. The van der Waals surface area contributed by atoms with E-state index in [2.05, 4.69) is 15.0 Å². The summed E-state index contributed by atoms with van der Waals surface area (Å²) in [7, 11) is -3.69. The second-order valence-corrected chi connectivity index (χ2v) is 8.00. The summed E-state index contributed by atoms with van der Waals surface area (Å²) >= 11 is 5.94. The van der Waals surface area contributed by atoms with Crippen LogP contribution in [0.25, 0.3) is 0 Å². The summed E-state index contributed by atoms with van der Waals surface area (Å²) in [6.07, 6.45) is 1.07. The monoisotopic (exact) mass is 391 g/mol. The van der Waals surface area contributed by atoms with Gasteiger partial charge in [0.1, 0.15) is 10.7 Å². The van der Waals surface area contributed by atoms with Crippen molar-refractivity contribution in [2.75, 3.05) is 10.6 Å². The van der Waals surface area contributed by atoms with Gasteiger partial charge in [-0.2, -0.15) is 8.42 Å². The molecule has 2 aromatic rings. The number of hydrogen-bond donors (Lipinski definition) is 2. The Morgan fingerprint density at radius 2 is 2.00 bits per heavy atom. The number of anilines is 2. The van der Waals surface area contributed by atoms with Crippen molar-refractivity contribution in [3.63, 3.8) is 0 Å². The molecule has 8 heteroatoms. The molecule has 1 heterocycles. The van der Waals surface area contributed by atoms with Crippen LogP contribution in [0.4, 0.5) is 11.4 Å². The van der Waals surface area contributed by atoms with Crippen molar-refractivity contribution in [3.8, 4) is 0 Å². The Morgan fingerprint density at radius 1 is 1.23 bits per heavy atom. The zero-order valence-electron chi connectivity index (χ0n) is 14.1. The maximum atomic E-state index is 12.2. The van der Waals surface area contributed by atoms with Crippen molar-refractivity contribution >= 4 is 44.7 Å². The van der Waals surface area contributed by atoms with Crippen molar-refractivity contribution in [2.24, 2.45) is 4.40 Å². The third kappa shape index (κ3) is 4.23. The van der Waals surface area contributed by atoms with Crippen LogP contribution in [0.2, 0.25) is 5.02 Å². The number of hydrogen-bond acceptors (Lipinski definition) is 4. The fourth-order valence-electron chi connectivity index (χ4n) is 2.63. The fourth-order valence-corrected chi connectivity index (χ4v) is 3.98. The number of amidine groups is 1. The molecule has 2 aromatic carbocycles. The van der Waals surface area contributed by atoms with Gasteiger partial charge in [-0.15, -0.1) is 4.40 Å². The lowest BCUT2D eigenvalue weighted by Gasteiger charge is -2.17. The van der Waals surface area contributed by atoms with Gasteiger partial charge in [0, 0.05) is 23.6 Å². The zero-order valence-corrected chi connectivity index (χ0v) is 15.7. The van der Waals surface area contributed by atoms with E-state index < -0.39 is 10.0 Å². The molecule has 26 heavy (non-hydrogen) atoms. The van der Waals surface area contributed by atoms with E-state index in [4.69, 9.17) is 11.6 Å². The van der Waals surface area contributed by atoms with Crippen LogP contribution in [-0.2, 0) is 14.8 Å². The number of fused-ring (bicyclic) bond motifs is 1. The van der Waals surface area contributed by atoms with Crippen LogP contribution < -0.4 is 10.6 Å². The molecule has 0 atom stereocenters. The number of carbonyl (C=O) groups excluding carboxylic acids is 1. The van der Waals surface area contributed by atoms with Crippen LogP contribution in [0.1, 0.15) is 24.8 Å². The highest BCUT2D eigenvalue weighted by Crippen LogP contribution is 2.27. The molecular formula is C18H18ClN3O3S. The van der Waals surface area contributed by atoms with Crippen LogP contribution in [0, 0.1) is 6.92 Å². The molecule has 0 spiro atoms. The molecule has 1 aliphatic rings. The first-order valence-corrected chi connectivity index (χ1v) is 9.93. The predicted molar refractivity (Wildman–Crippen MR) is 103 cm³/mol. The molecule has 1 aliphatic heterocycles. The van der Waals surface area contributed by atoms with Gasteiger partial charge in [-0.1, -0.05) is 29.8 Å². The van der Waals surface area contributed by atoms with E-state index in [1.165, 1.54) is 6.07 Å². The lowest BCUT2D eigenvalue weighted by molar-refractivity contribution is -0.116. The summed E-state index contributed by atoms with van der Waals surface area (Å²) in [5.41, 5.74) is 2.10. The summed E-state index contributed by atoms with van der Waals surface area (Å²) in [6, 6.07) is 11.9. The van der Waals surface area contributed by atoms with Gasteiger partial charge >= 0.3 is 0 Å². The first kappa shape index (κ1) is 18.4. The quantitative estimate of drug-likeness (QED) is 0.807. The van der Waals surface area contributed by atoms with E-state index in [1.807, 2.05) is 13.0 Å². The fraction of sp³-hybridized carbons (Fsp3) is 0.222. The highest BCUT2D eigenvalue weighted by atomic mass is 35.5. The van der Waals surface area contributed by atoms with Crippen molar-refractivity contribution in [1.29, 1.82) is 0 Å². The Kier molecular flexibility index (Phi) is 5.29. The van der Waals surface area contributed by atoms with Gasteiger partial charge < -0.3 is 10.6 Å². The first-order chi connectivity index (χ1) is 12.3. The molecule has 0 aliphatic carbocycles. The highest BCUT2D eigenvalue weighted by Gasteiger charge is 2.23. The third-order valence-corrected chi connectivity index (χ3v) is 5.57. The smallest absolute Gasteiger partial charge is 0.286 e. The number of sulfonamides is 1. The second kappa shape index (κ2) is 7.47. The Bertz CT molecular complexity index is 987. The summed E-state index contributed by atoms with van der Waals surface area (Å²) < 4.78 is 28.1. The summed E-state index contributed by atoms with van der Waals surface area (Å²) in [6.45, 7) is 1.88. The van der Waals surface area contributed by atoms with Crippen LogP contribution in [-0.4, -0.2) is 20.2 Å². The van der Waals surface area contributed by atoms with Gasteiger partial charge in [0.25, 0.3) is 10.0 Å². The van der Waals surface area contributed by atoms with Crippen LogP contribution in [0.15, 0.2) is 51.8 Å². The molecule has 0 aromatic heterocycles. The minimum atomic E-state index is -3.69. The van der Waals surface area contributed by atoms with Gasteiger partial charge in [0.05, 0.1) is 5.69 Å². The maximum Gasteiger partial charge on any atom is 0.286 e. The molecule has 136 valence electrons. The standard InChI is InChI=1S/C18H18ClN3O3S/c1-12-9-10-13(19)11-15(12)21-18(23)8-4-7-17-20-14-5-2-3-6-16(14)26(24,25)22-17/h2-3,5-6,9-11H,4,7-8H2,1H3,(H,20,22)(H,21,23). The van der Waals surface area contributed by atoms with Gasteiger partial charge in [0.2, 0.25) is 5.91 Å². The minimum absolute atomic E-state index is 0.157. The van der Waals surface area contributed by atoms with Crippen LogP contribution in [0.3, 0.4) is 0 Å². The van der Waals surface area contributed by atoms with Crippen molar-refractivity contribution < 1.29 is 13.2 Å². The molecule has 0 unspecified atom stereocenters. The van der Waals surface area contributed by atoms with Crippen LogP contribution in [0.5, 0.6) is 0 Å². The lowest BCUT2D eigenvalue weighted by atomic mass is 10.1. The predicted octanol–water partition coefficient (Wildman–Crippen LogP) is 3.97. The highest BCUT2D eigenvalue weighted by molar-refractivity contribution is 7.90. The Morgan fingerprint density at radius 3 is 2.81 bits per heavy atom. The van der Waals surface area contributed by atoms with E-state index in [0.29, 0.717) is 35.1 Å². The zero-order chi connectivity index (χ0) is 18.7. The molecule has 0 fully saturated rings. The second-order valence-electron chi connectivity index (χ2n) is 6.00. The Balaban J connectivity index is 1.58. The topological polar surface area (TPSA) is 87.6 Å². The normalized spacial score (nSPS) is 14.8. The number of nitrogens with zero attached hydrogens (tertiary/aromatic N) is 1. The molecule has 2 N–H and O–H groups in total. The van der Waals surface area contributed by atoms with Gasteiger partial charge in [-0.3, -0.25) is 4.79 Å². The molecule has 0 saturated heterocycles. The van der Waals surface area contributed by atoms with Crippen molar-refractivity contribution in [1.82, 2.24) is 0 Å². The van der Waals surface area contributed by atoms with Gasteiger partial charge in [0.15, 0.2) is 0 Å². The Hall–Kier alpha value is -2.38. The van der Waals surface area contributed by atoms with E-state index in [1.54, 1.807) is 30.3 Å². The van der Waals surface area contributed by atoms with Gasteiger partial charge in [-0.25, -0.2) is 0 Å². The van der Waals surface area contributed by atoms with Gasteiger partial charge in [-0.05, 0) is 43.2 Å². The summed E-state index contributed by atoms with van der Waals surface area (Å²) in [4.78, 5) is 12.3. The van der Waals surface area contributed by atoms with E-state index in [0.717, 1.165) is 5.56 Å². The number of aryl methyl sites for hydroxylation is 1. The Labute approximate surface area is 157 Å². The minimum Gasteiger partial charge on any atom is -0.342 e. The third-order valence-electron chi connectivity index (χ3n) is 3.97. The number of nitrogens with one attached hydrogen (secondary N) is 2. The molecule has 0 bridgehead atoms. The molecule has 3 rings (SSSR count). The first-order valence-electron chi connectivity index (χ1n) is 8.11. The van der Waals surface area contributed by atoms with Crippen molar-refractivity contribution in [2.45, 2.75) is 31.1 Å². The number of halogens is 1. The van der Waals surface area contributed by atoms with E-state index >= 15 is 0 Å². The summed E-state index contributed by atoms with van der Waals surface area (Å²) in [5, 5.41) is 6.38. The number of carbonyl (C=O) groups is 1. The van der Waals surface area contributed by atoms with Crippen molar-refractivity contribution in [3.05, 3.63) is 53.1 Å². The number of rotatable bonds is 5. The largest absolute Gasteiger partial charge is 0.342 e. The molecule has 0 radical (unpaired) electrons.